The summed E-state index contributed by atoms with van der Waals surface area (Å²) in [5.41, 5.74) is 2.27. The van der Waals surface area contributed by atoms with Gasteiger partial charge in [-0.05, 0) is 49.1 Å². The molecular weight excluding hydrogens is 501 g/mol. The van der Waals surface area contributed by atoms with Gasteiger partial charge in [0, 0.05) is 31.7 Å². The summed E-state index contributed by atoms with van der Waals surface area (Å²) in [4.78, 5) is 18.2. The zero-order valence-corrected chi connectivity index (χ0v) is 19.3. The van der Waals surface area contributed by atoms with E-state index in [9.17, 15) is 13.6 Å². The number of rotatable bonds is 7. The van der Waals surface area contributed by atoms with Crippen LogP contribution in [0.4, 0.5) is 14.5 Å². The second-order valence-electron chi connectivity index (χ2n) is 6.90. The summed E-state index contributed by atoms with van der Waals surface area (Å²) in [7, 11) is 0. The highest BCUT2D eigenvalue weighted by Crippen LogP contribution is 2.21. The van der Waals surface area contributed by atoms with E-state index in [1.54, 1.807) is 6.07 Å². The lowest BCUT2D eigenvalue weighted by molar-refractivity contribution is -0.117. The first-order valence-corrected chi connectivity index (χ1v) is 9.93. The molecule has 1 saturated heterocycles. The van der Waals surface area contributed by atoms with Gasteiger partial charge in [-0.15, -0.1) is 24.0 Å². The molecule has 0 radical (unpaired) electrons. The Morgan fingerprint density at radius 3 is 2.57 bits per heavy atom. The van der Waals surface area contributed by atoms with Crippen LogP contribution in [0.15, 0.2) is 47.5 Å². The predicted molar refractivity (Wildman–Crippen MR) is 126 cm³/mol. The summed E-state index contributed by atoms with van der Waals surface area (Å²) in [5.74, 6) is -0.845. The summed E-state index contributed by atoms with van der Waals surface area (Å²) in [6, 6.07) is 12.0. The van der Waals surface area contributed by atoms with Crippen LogP contribution in [0.25, 0.3) is 0 Å². The van der Waals surface area contributed by atoms with Crippen LogP contribution in [0, 0.1) is 11.6 Å². The predicted octanol–water partition coefficient (Wildman–Crippen LogP) is 4.01. The van der Waals surface area contributed by atoms with Gasteiger partial charge in [-0.25, -0.2) is 13.8 Å². The highest BCUT2D eigenvalue weighted by Gasteiger charge is 2.21. The Hall–Kier alpha value is -2.23. The minimum Gasteiger partial charge on any atom is -0.357 e. The zero-order valence-electron chi connectivity index (χ0n) is 17.0. The molecule has 162 valence electrons. The lowest BCUT2D eigenvalue weighted by atomic mass is 10.1. The van der Waals surface area contributed by atoms with Gasteiger partial charge < -0.3 is 15.5 Å². The molecule has 0 aromatic heterocycles. The molecule has 0 spiro atoms. The lowest BCUT2D eigenvalue weighted by Crippen LogP contribution is -2.38. The number of anilines is 1. The Balaban J connectivity index is 0.00000320. The van der Waals surface area contributed by atoms with E-state index in [0.29, 0.717) is 44.0 Å². The Labute approximate surface area is 193 Å². The Bertz CT molecular complexity index is 874. The molecule has 1 amide bonds. The van der Waals surface area contributed by atoms with Crippen molar-refractivity contribution in [1.82, 2.24) is 10.6 Å². The number of nitrogens with one attached hydrogen (secondary N) is 2. The molecule has 0 bridgehead atoms. The maximum absolute atomic E-state index is 13.7. The topological polar surface area (TPSA) is 56.7 Å². The summed E-state index contributed by atoms with van der Waals surface area (Å²) in [6.07, 6.45) is 1.87. The highest BCUT2D eigenvalue weighted by molar-refractivity contribution is 14.0. The Kier molecular flexibility index (Phi) is 9.48. The van der Waals surface area contributed by atoms with Gasteiger partial charge in [-0.1, -0.05) is 24.3 Å². The maximum Gasteiger partial charge on any atom is 0.227 e. The number of benzene rings is 2. The van der Waals surface area contributed by atoms with Crippen molar-refractivity contribution in [2.75, 3.05) is 24.5 Å². The molecule has 0 saturated carbocycles. The van der Waals surface area contributed by atoms with Gasteiger partial charge in [-0.3, -0.25) is 4.79 Å². The van der Waals surface area contributed by atoms with Crippen LogP contribution in [0.1, 0.15) is 30.9 Å². The normalized spacial score (nSPS) is 13.9. The monoisotopic (exact) mass is 528 g/mol. The van der Waals surface area contributed by atoms with Gasteiger partial charge in [0.05, 0.1) is 6.54 Å². The van der Waals surface area contributed by atoms with Crippen molar-refractivity contribution in [2.24, 2.45) is 4.99 Å². The number of hydrogen-bond donors (Lipinski definition) is 2. The SMILES string of the molecule is CCNC(=NCc1ccc(N2CCCC2=O)cc1)NCCc1cccc(F)c1F.I. The molecule has 0 atom stereocenters. The number of amides is 1. The van der Waals surface area contributed by atoms with Crippen LogP contribution in [-0.2, 0) is 17.8 Å². The molecule has 1 heterocycles. The minimum atomic E-state index is -0.831. The van der Waals surface area contributed by atoms with E-state index < -0.39 is 11.6 Å². The van der Waals surface area contributed by atoms with Crippen molar-refractivity contribution in [1.29, 1.82) is 0 Å². The van der Waals surface area contributed by atoms with Crippen molar-refractivity contribution >= 4 is 41.5 Å². The van der Waals surface area contributed by atoms with Crippen LogP contribution < -0.4 is 15.5 Å². The first-order chi connectivity index (χ1) is 14.1. The van der Waals surface area contributed by atoms with E-state index in [2.05, 4.69) is 15.6 Å². The number of halogens is 3. The number of carbonyl (C=O) groups is 1. The molecule has 2 N–H and O–H groups in total. The first-order valence-electron chi connectivity index (χ1n) is 9.93. The molecular formula is C22H27F2IN4O. The second kappa shape index (κ2) is 11.8. The summed E-state index contributed by atoms with van der Waals surface area (Å²) >= 11 is 0. The number of aliphatic imine (C=N–C) groups is 1. The minimum absolute atomic E-state index is 0. The van der Waals surface area contributed by atoms with Crippen molar-refractivity contribution in [3.8, 4) is 0 Å². The summed E-state index contributed by atoms with van der Waals surface area (Å²) in [5, 5.41) is 6.29. The molecule has 0 aliphatic carbocycles. The first kappa shape index (κ1) is 24.0. The maximum atomic E-state index is 13.7. The molecule has 1 fully saturated rings. The number of guanidine groups is 1. The largest absolute Gasteiger partial charge is 0.357 e. The van der Waals surface area contributed by atoms with E-state index in [-0.39, 0.29) is 29.9 Å². The molecule has 1 aliphatic heterocycles. The van der Waals surface area contributed by atoms with Crippen LogP contribution >= 0.6 is 24.0 Å². The third kappa shape index (κ3) is 6.38. The van der Waals surface area contributed by atoms with Crippen molar-refractivity contribution in [3.05, 3.63) is 65.2 Å². The van der Waals surface area contributed by atoms with Gasteiger partial charge in [0.15, 0.2) is 17.6 Å². The molecule has 0 unspecified atom stereocenters. The molecule has 2 aromatic rings. The van der Waals surface area contributed by atoms with Gasteiger partial charge >= 0.3 is 0 Å². The molecule has 8 heteroatoms. The second-order valence-corrected chi connectivity index (χ2v) is 6.90. The molecule has 3 rings (SSSR count). The zero-order chi connectivity index (χ0) is 20.6. The standard InChI is InChI=1S/C22H26F2N4O.HI/c1-2-25-22(26-13-12-17-5-3-6-19(23)21(17)24)27-15-16-8-10-18(11-9-16)28-14-4-7-20(28)29;/h3,5-6,8-11H,2,4,7,12-15H2,1H3,(H2,25,26,27);1H. The molecule has 1 aliphatic rings. The Morgan fingerprint density at radius 1 is 1.13 bits per heavy atom. The third-order valence-corrected chi connectivity index (χ3v) is 4.80. The molecule has 2 aromatic carbocycles. The Morgan fingerprint density at radius 2 is 1.90 bits per heavy atom. The van der Waals surface area contributed by atoms with Crippen LogP contribution in [0.3, 0.4) is 0 Å². The molecule has 5 nitrogen and oxygen atoms in total. The highest BCUT2D eigenvalue weighted by atomic mass is 127. The van der Waals surface area contributed by atoms with E-state index in [0.717, 1.165) is 30.3 Å². The van der Waals surface area contributed by atoms with Gasteiger partial charge in [-0.2, -0.15) is 0 Å². The van der Waals surface area contributed by atoms with E-state index in [1.807, 2.05) is 36.1 Å². The van der Waals surface area contributed by atoms with Crippen LogP contribution in [0.2, 0.25) is 0 Å². The fraction of sp³-hybridized carbons (Fsp3) is 0.364. The number of nitrogens with zero attached hydrogens (tertiary/aromatic N) is 2. The average Bonchev–Trinajstić information content (AvgIpc) is 3.15. The van der Waals surface area contributed by atoms with Crippen molar-refractivity contribution in [3.63, 3.8) is 0 Å². The van der Waals surface area contributed by atoms with Crippen LogP contribution in [0.5, 0.6) is 0 Å². The fourth-order valence-electron chi connectivity index (χ4n) is 3.27. The fourth-order valence-corrected chi connectivity index (χ4v) is 3.27. The van der Waals surface area contributed by atoms with Crippen molar-refractivity contribution in [2.45, 2.75) is 32.7 Å². The van der Waals surface area contributed by atoms with Gasteiger partial charge in [0.25, 0.3) is 0 Å². The van der Waals surface area contributed by atoms with Gasteiger partial charge in [0.1, 0.15) is 0 Å². The van der Waals surface area contributed by atoms with Gasteiger partial charge in [0.2, 0.25) is 5.91 Å². The number of carbonyl (C=O) groups excluding carboxylic acids is 1. The lowest BCUT2D eigenvalue weighted by Gasteiger charge is -2.16. The van der Waals surface area contributed by atoms with E-state index in [4.69, 9.17) is 0 Å². The van der Waals surface area contributed by atoms with Crippen LogP contribution in [-0.4, -0.2) is 31.5 Å². The number of hydrogen-bond acceptors (Lipinski definition) is 2. The quantitative estimate of drug-likeness (QED) is 0.325. The summed E-state index contributed by atoms with van der Waals surface area (Å²) < 4.78 is 27.0. The van der Waals surface area contributed by atoms with E-state index in [1.165, 1.54) is 6.07 Å². The van der Waals surface area contributed by atoms with E-state index >= 15 is 0 Å². The summed E-state index contributed by atoms with van der Waals surface area (Å²) in [6.45, 7) is 4.33. The average molecular weight is 528 g/mol. The van der Waals surface area contributed by atoms with Crippen molar-refractivity contribution < 1.29 is 13.6 Å². The molecule has 30 heavy (non-hydrogen) atoms. The smallest absolute Gasteiger partial charge is 0.227 e. The third-order valence-electron chi connectivity index (χ3n) is 4.80.